The Morgan fingerprint density at radius 3 is 3.13 bits per heavy atom. The van der Waals surface area contributed by atoms with E-state index in [2.05, 4.69) is 5.48 Å². The lowest BCUT2D eigenvalue weighted by atomic mass is 10.0. The van der Waals surface area contributed by atoms with Crippen molar-refractivity contribution in [3.8, 4) is 0 Å². The molecule has 82 valence electrons. The summed E-state index contributed by atoms with van der Waals surface area (Å²) in [7, 11) is 0. The average molecular weight is 213 g/mol. The topological polar surface area (TPSA) is 21.3 Å². The highest BCUT2D eigenvalue weighted by molar-refractivity contribution is 5.32. The molecular weight excluding hydrogens is 200 g/mol. The van der Waals surface area contributed by atoms with Crippen molar-refractivity contribution in [2.45, 2.75) is 25.1 Å². The van der Waals surface area contributed by atoms with Gasteiger partial charge in [0.2, 0.25) is 0 Å². The van der Waals surface area contributed by atoms with Crippen LogP contribution in [0.3, 0.4) is 0 Å². The first kappa shape index (κ1) is 10.5. The second kappa shape index (κ2) is 4.68. The fourth-order valence-electron chi connectivity index (χ4n) is 1.71. The second-order valence-electron chi connectivity index (χ2n) is 3.73. The number of hydrogen-bond acceptors (Lipinski definition) is 2. The van der Waals surface area contributed by atoms with Crippen molar-refractivity contribution >= 4 is 0 Å². The van der Waals surface area contributed by atoms with Gasteiger partial charge in [0.25, 0.3) is 0 Å². The zero-order valence-corrected chi connectivity index (χ0v) is 8.25. The van der Waals surface area contributed by atoms with Gasteiger partial charge in [-0.1, -0.05) is 0 Å². The third-order valence-corrected chi connectivity index (χ3v) is 2.44. The first-order chi connectivity index (χ1) is 7.24. The maximum absolute atomic E-state index is 13.1. The van der Waals surface area contributed by atoms with Crippen LogP contribution in [0.2, 0.25) is 0 Å². The van der Waals surface area contributed by atoms with E-state index < -0.39 is 12.0 Å². The molecule has 2 aliphatic rings. The van der Waals surface area contributed by atoms with E-state index in [0.29, 0.717) is 18.6 Å². The summed E-state index contributed by atoms with van der Waals surface area (Å²) >= 11 is 0. The molecule has 1 aliphatic heterocycles. The molecular formula is C11H13F2NO. The number of halogens is 2. The van der Waals surface area contributed by atoms with Gasteiger partial charge in [-0.05, 0) is 42.7 Å². The highest BCUT2D eigenvalue weighted by atomic mass is 19.1. The van der Waals surface area contributed by atoms with Crippen molar-refractivity contribution in [2.75, 3.05) is 6.61 Å². The molecule has 0 saturated carbocycles. The first-order valence-electron chi connectivity index (χ1n) is 5.01. The van der Waals surface area contributed by atoms with Crippen molar-refractivity contribution in [1.29, 1.82) is 0 Å². The summed E-state index contributed by atoms with van der Waals surface area (Å²) in [4.78, 5) is 4.98. The van der Waals surface area contributed by atoms with E-state index in [4.69, 9.17) is 4.84 Å². The van der Waals surface area contributed by atoms with Gasteiger partial charge in [-0.2, -0.15) is 5.48 Å². The Morgan fingerprint density at radius 1 is 1.53 bits per heavy atom. The van der Waals surface area contributed by atoms with Gasteiger partial charge in [-0.15, -0.1) is 0 Å². The zero-order valence-electron chi connectivity index (χ0n) is 8.25. The van der Waals surface area contributed by atoms with Gasteiger partial charge >= 0.3 is 0 Å². The Morgan fingerprint density at radius 2 is 2.40 bits per heavy atom. The van der Waals surface area contributed by atoms with Crippen molar-refractivity contribution in [3.63, 3.8) is 0 Å². The Labute approximate surface area is 87.3 Å². The second-order valence-corrected chi connectivity index (χ2v) is 3.73. The van der Waals surface area contributed by atoms with Gasteiger partial charge in [-0.3, -0.25) is 0 Å². The molecule has 0 spiro atoms. The molecule has 1 fully saturated rings. The zero-order chi connectivity index (χ0) is 10.7. The Balaban J connectivity index is 2.03. The van der Waals surface area contributed by atoms with Crippen LogP contribution in [0.1, 0.15) is 12.8 Å². The summed E-state index contributed by atoms with van der Waals surface area (Å²) in [5.41, 5.74) is 3.49. The van der Waals surface area contributed by atoms with Crippen LogP contribution in [0.5, 0.6) is 0 Å². The number of rotatable bonds is 2. The van der Waals surface area contributed by atoms with Gasteiger partial charge in [0.1, 0.15) is 12.0 Å². The highest BCUT2D eigenvalue weighted by Gasteiger charge is 2.17. The van der Waals surface area contributed by atoms with E-state index in [0.717, 1.165) is 12.5 Å². The Kier molecular flexibility index (Phi) is 3.28. The summed E-state index contributed by atoms with van der Waals surface area (Å²) in [6.45, 7) is 0.654. The normalized spacial score (nSPS) is 31.1. The lowest BCUT2D eigenvalue weighted by Gasteiger charge is -2.09. The third-order valence-electron chi connectivity index (χ3n) is 2.44. The van der Waals surface area contributed by atoms with Crippen LogP contribution in [0.4, 0.5) is 8.78 Å². The minimum absolute atomic E-state index is 0.158. The van der Waals surface area contributed by atoms with E-state index in [9.17, 15) is 8.78 Å². The predicted molar refractivity (Wildman–Crippen MR) is 53.4 cm³/mol. The minimum atomic E-state index is -1.20. The average Bonchev–Trinajstić information content (AvgIpc) is 2.61. The quantitative estimate of drug-likeness (QED) is 0.760. The molecule has 0 radical (unpaired) electrons. The van der Waals surface area contributed by atoms with Crippen LogP contribution in [-0.4, -0.2) is 18.8 Å². The van der Waals surface area contributed by atoms with Gasteiger partial charge in [0, 0.05) is 6.04 Å². The SMILES string of the molecule is FC1=CC(CC2CCON2)=CC(F)C=C1. The molecule has 1 N–H and O–H groups in total. The van der Waals surface area contributed by atoms with Crippen LogP contribution in [0.25, 0.3) is 0 Å². The molecule has 0 bridgehead atoms. The highest BCUT2D eigenvalue weighted by Crippen LogP contribution is 2.20. The van der Waals surface area contributed by atoms with Crippen LogP contribution in [-0.2, 0) is 4.84 Å². The van der Waals surface area contributed by atoms with E-state index in [-0.39, 0.29) is 6.04 Å². The fourth-order valence-corrected chi connectivity index (χ4v) is 1.71. The van der Waals surface area contributed by atoms with Crippen LogP contribution >= 0.6 is 0 Å². The van der Waals surface area contributed by atoms with Crippen LogP contribution in [0.15, 0.2) is 35.7 Å². The van der Waals surface area contributed by atoms with Gasteiger partial charge in [0.15, 0.2) is 0 Å². The third kappa shape index (κ3) is 2.97. The minimum Gasteiger partial charge on any atom is -0.301 e. The number of hydroxylamine groups is 1. The first-order valence-corrected chi connectivity index (χ1v) is 5.01. The summed E-state index contributed by atoms with van der Waals surface area (Å²) in [6, 6.07) is 0.158. The van der Waals surface area contributed by atoms with E-state index in [1.54, 1.807) is 0 Å². The smallest absolute Gasteiger partial charge is 0.137 e. The van der Waals surface area contributed by atoms with E-state index >= 15 is 0 Å². The molecule has 15 heavy (non-hydrogen) atoms. The number of hydrogen-bond donors (Lipinski definition) is 1. The van der Waals surface area contributed by atoms with Crippen LogP contribution in [0, 0.1) is 0 Å². The summed E-state index contributed by atoms with van der Waals surface area (Å²) < 4.78 is 26.2. The maximum atomic E-state index is 13.1. The Bertz CT molecular complexity index is 317. The summed E-state index contributed by atoms with van der Waals surface area (Å²) in [5, 5.41) is 0. The number of allylic oxidation sites excluding steroid dienone is 5. The molecule has 1 saturated heterocycles. The maximum Gasteiger partial charge on any atom is 0.137 e. The van der Waals surface area contributed by atoms with Crippen LogP contribution < -0.4 is 5.48 Å². The van der Waals surface area contributed by atoms with Gasteiger partial charge in [0.05, 0.1) is 6.61 Å². The molecule has 1 aliphatic carbocycles. The summed E-state index contributed by atoms with van der Waals surface area (Å²) in [5.74, 6) is -0.402. The van der Waals surface area contributed by atoms with Crippen molar-refractivity contribution in [2.24, 2.45) is 0 Å². The summed E-state index contributed by atoms with van der Waals surface area (Å²) in [6.07, 6.45) is 5.43. The molecule has 2 atom stereocenters. The monoisotopic (exact) mass is 213 g/mol. The van der Waals surface area contributed by atoms with E-state index in [1.165, 1.54) is 18.2 Å². The Hall–Kier alpha value is -1.00. The molecule has 0 aromatic carbocycles. The lowest BCUT2D eigenvalue weighted by Crippen LogP contribution is -2.20. The van der Waals surface area contributed by atoms with Crippen molar-refractivity contribution < 1.29 is 13.6 Å². The molecule has 0 aromatic rings. The molecule has 0 amide bonds. The van der Waals surface area contributed by atoms with Gasteiger partial charge in [-0.25, -0.2) is 8.78 Å². The largest absolute Gasteiger partial charge is 0.301 e. The molecule has 4 heteroatoms. The number of nitrogens with one attached hydrogen (secondary N) is 1. The molecule has 2 nitrogen and oxygen atoms in total. The molecule has 0 aromatic heterocycles. The molecule has 2 unspecified atom stereocenters. The fraction of sp³-hybridized carbons (Fsp3) is 0.455. The van der Waals surface area contributed by atoms with Crippen molar-refractivity contribution in [3.05, 3.63) is 35.7 Å². The standard InChI is InChI=1S/C11H13F2NO/c12-9-1-2-10(13)6-8(5-9)7-11-3-4-15-14-11/h1-2,5-6,9,11,14H,3-4,7H2. The molecule has 1 heterocycles. The van der Waals surface area contributed by atoms with E-state index in [1.807, 2.05) is 0 Å². The number of alkyl halides is 1. The predicted octanol–water partition coefficient (Wildman–Crippen LogP) is 2.36. The lowest BCUT2D eigenvalue weighted by molar-refractivity contribution is 0.0883. The van der Waals surface area contributed by atoms with Gasteiger partial charge < -0.3 is 4.84 Å². The molecule has 2 rings (SSSR count). The van der Waals surface area contributed by atoms with Crippen molar-refractivity contribution in [1.82, 2.24) is 5.48 Å².